The molecule has 0 rings (SSSR count). The summed E-state index contributed by atoms with van der Waals surface area (Å²) in [5.74, 6) is -2.03. The van der Waals surface area contributed by atoms with Gasteiger partial charge in [0.2, 0.25) is 0 Å². The Balaban J connectivity index is 0. The number of unbranched alkanes of at least 4 members (excludes halogenated alkanes) is 6. The SMILES string of the molecule is C=CCOC(=O)CCCCC(=O)O.C=CCOC(=O)CCCCCCCCC(=O)O. The average Bonchev–Trinajstić information content (AvgIpc) is 2.70. The van der Waals surface area contributed by atoms with Crippen LogP contribution in [0.15, 0.2) is 25.3 Å². The lowest BCUT2D eigenvalue weighted by Gasteiger charge is -2.02. The van der Waals surface area contributed by atoms with Gasteiger partial charge < -0.3 is 19.7 Å². The summed E-state index contributed by atoms with van der Waals surface area (Å²) in [6.07, 6.45) is 10.8. The van der Waals surface area contributed by atoms with Crippen LogP contribution in [0.25, 0.3) is 0 Å². The molecule has 0 heterocycles. The van der Waals surface area contributed by atoms with Crippen LogP contribution in [0.4, 0.5) is 0 Å². The van der Waals surface area contributed by atoms with Crippen LogP contribution in [0.3, 0.4) is 0 Å². The van der Waals surface area contributed by atoms with E-state index >= 15 is 0 Å². The van der Waals surface area contributed by atoms with Crippen molar-refractivity contribution in [1.82, 2.24) is 0 Å². The zero-order valence-corrected chi connectivity index (χ0v) is 17.8. The predicted molar refractivity (Wildman–Crippen MR) is 113 cm³/mol. The molecule has 0 aromatic rings. The zero-order valence-electron chi connectivity index (χ0n) is 17.8. The summed E-state index contributed by atoms with van der Waals surface area (Å²) in [4.78, 5) is 42.2. The van der Waals surface area contributed by atoms with Gasteiger partial charge in [-0.1, -0.05) is 51.0 Å². The Morgan fingerprint density at radius 2 is 0.867 bits per heavy atom. The van der Waals surface area contributed by atoms with E-state index in [9.17, 15) is 19.2 Å². The van der Waals surface area contributed by atoms with Gasteiger partial charge in [0.05, 0.1) is 0 Å². The number of rotatable bonds is 18. The summed E-state index contributed by atoms with van der Waals surface area (Å²) in [6, 6.07) is 0. The second kappa shape index (κ2) is 22.6. The fourth-order valence-electron chi connectivity index (χ4n) is 2.25. The summed E-state index contributed by atoms with van der Waals surface area (Å²) >= 11 is 0. The Kier molecular flexibility index (Phi) is 22.3. The number of carbonyl (C=O) groups excluding carboxylic acids is 2. The molecule has 0 aliphatic rings. The van der Waals surface area contributed by atoms with Crippen molar-refractivity contribution in [2.75, 3.05) is 13.2 Å². The third-order valence-electron chi connectivity index (χ3n) is 3.77. The Morgan fingerprint density at radius 3 is 1.23 bits per heavy atom. The minimum Gasteiger partial charge on any atom is -0.481 e. The molecule has 0 saturated heterocycles. The van der Waals surface area contributed by atoms with Gasteiger partial charge in [-0.05, 0) is 25.7 Å². The van der Waals surface area contributed by atoms with Gasteiger partial charge in [0.25, 0.3) is 0 Å². The number of hydrogen-bond donors (Lipinski definition) is 2. The third-order valence-corrected chi connectivity index (χ3v) is 3.77. The van der Waals surface area contributed by atoms with Crippen molar-refractivity contribution >= 4 is 23.9 Å². The maximum atomic E-state index is 11.1. The predicted octanol–water partition coefficient (Wildman–Crippen LogP) is 4.28. The molecule has 0 atom stereocenters. The maximum Gasteiger partial charge on any atom is 0.306 e. The Labute approximate surface area is 178 Å². The molecule has 172 valence electrons. The van der Waals surface area contributed by atoms with E-state index in [-0.39, 0.29) is 44.4 Å². The molecular formula is C22H36O8. The molecule has 30 heavy (non-hydrogen) atoms. The molecule has 2 N–H and O–H groups in total. The standard InChI is InChI=1S/C13H22O4.C9H14O4/c1-2-11-17-13(16)10-8-6-4-3-5-7-9-12(14)15;1-2-7-13-9(12)6-4-3-5-8(10)11/h2H,1,3-11H2,(H,14,15);2H,1,3-7H2,(H,10,11). The largest absolute Gasteiger partial charge is 0.481 e. The van der Waals surface area contributed by atoms with Crippen molar-refractivity contribution in [3.8, 4) is 0 Å². The number of aliphatic carboxylic acids is 2. The number of carboxylic acids is 2. The topological polar surface area (TPSA) is 127 Å². The molecule has 0 unspecified atom stereocenters. The first kappa shape index (κ1) is 29.6. The summed E-state index contributed by atoms with van der Waals surface area (Å²) in [7, 11) is 0. The van der Waals surface area contributed by atoms with Gasteiger partial charge in [-0.15, -0.1) is 0 Å². The smallest absolute Gasteiger partial charge is 0.306 e. The second-order valence-electron chi connectivity index (χ2n) is 6.56. The summed E-state index contributed by atoms with van der Waals surface area (Å²) in [6.45, 7) is 7.37. The van der Waals surface area contributed by atoms with Gasteiger partial charge in [-0.3, -0.25) is 19.2 Å². The highest BCUT2D eigenvalue weighted by Crippen LogP contribution is 2.09. The van der Waals surface area contributed by atoms with Crippen LogP contribution in [0.5, 0.6) is 0 Å². The minimum absolute atomic E-state index is 0.106. The Hall–Kier alpha value is -2.64. The third kappa shape index (κ3) is 27.6. The van der Waals surface area contributed by atoms with Crippen LogP contribution in [0.2, 0.25) is 0 Å². The molecule has 0 aliphatic heterocycles. The van der Waals surface area contributed by atoms with Crippen molar-refractivity contribution < 1.29 is 38.9 Å². The highest BCUT2D eigenvalue weighted by Gasteiger charge is 2.03. The molecule has 0 spiro atoms. The van der Waals surface area contributed by atoms with E-state index < -0.39 is 11.9 Å². The van der Waals surface area contributed by atoms with Crippen LogP contribution < -0.4 is 0 Å². The van der Waals surface area contributed by atoms with Crippen LogP contribution >= 0.6 is 0 Å². The second-order valence-corrected chi connectivity index (χ2v) is 6.56. The first-order chi connectivity index (χ1) is 14.3. The monoisotopic (exact) mass is 428 g/mol. The highest BCUT2D eigenvalue weighted by atomic mass is 16.5. The molecule has 0 saturated carbocycles. The van der Waals surface area contributed by atoms with E-state index in [0.717, 1.165) is 38.5 Å². The maximum absolute atomic E-state index is 11.1. The van der Waals surface area contributed by atoms with Crippen molar-refractivity contribution in [2.24, 2.45) is 0 Å². The average molecular weight is 429 g/mol. The van der Waals surface area contributed by atoms with Crippen LogP contribution in [-0.2, 0) is 28.7 Å². The van der Waals surface area contributed by atoms with Crippen LogP contribution in [0.1, 0.15) is 77.0 Å². The van der Waals surface area contributed by atoms with Gasteiger partial charge in [0.1, 0.15) is 13.2 Å². The molecule has 0 fully saturated rings. The number of ether oxygens (including phenoxy) is 2. The molecule has 0 aromatic heterocycles. The van der Waals surface area contributed by atoms with Gasteiger partial charge >= 0.3 is 23.9 Å². The summed E-state index contributed by atoms with van der Waals surface area (Å²) in [5, 5.41) is 16.7. The first-order valence-corrected chi connectivity index (χ1v) is 10.3. The Bertz CT molecular complexity index is 513. The zero-order chi connectivity index (χ0) is 23.0. The fraction of sp³-hybridized carbons (Fsp3) is 0.636. The molecule has 0 amide bonds. The van der Waals surface area contributed by atoms with Crippen LogP contribution in [0, 0.1) is 0 Å². The number of hydrogen-bond acceptors (Lipinski definition) is 6. The molecule has 0 radical (unpaired) electrons. The molecule has 8 heteroatoms. The number of carboxylic acid groups (broad SMARTS) is 2. The van der Waals surface area contributed by atoms with Crippen molar-refractivity contribution in [1.29, 1.82) is 0 Å². The van der Waals surface area contributed by atoms with E-state index in [1.165, 1.54) is 6.08 Å². The minimum atomic E-state index is -0.834. The van der Waals surface area contributed by atoms with Gasteiger partial charge in [0, 0.05) is 25.7 Å². The lowest BCUT2D eigenvalue weighted by atomic mass is 10.1. The van der Waals surface area contributed by atoms with Gasteiger partial charge in [-0.2, -0.15) is 0 Å². The molecule has 0 bridgehead atoms. The van der Waals surface area contributed by atoms with Gasteiger partial charge in [0.15, 0.2) is 0 Å². The lowest BCUT2D eigenvalue weighted by molar-refractivity contribution is -0.143. The van der Waals surface area contributed by atoms with Crippen molar-refractivity contribution in [2.45, 2.75) is 77.0 Å². The summed E-state index contributed by atoms with van der Waals surface area (Å²) < 4.78 is 9.53. The fourth-order valence-corrected chi connectivity index (χ4v) is 2.25. The number of esters is 2. The summed E-state index contributed by atoms with van der Waals surface area (Å²) in [5.41, 5.74) is 0. The van der Waals surface area contributed by atoms with Crippen LogP contribution in [-0.4, -0.2) is 47.3 Å². The molecule has 8 nitrogen and oxygen atoms in total. The Morgan fingerprint density at radius 1 is 0.567 bits per heavy atom. The van der Waals surface area contributed by atoms with Gasteiger partial charge in [-0.25, -0.2) is 0 Å². The molecule has 0 aliphatic carbocycles. The van der Waals surface area contributed by atoms with Crippen molar-refractivity contribution in [3.63, 3.8) is 0 Å². The van der Waals surface area contributed by atoms with E-state index in [1.807, 2.05) is 0 Å². The van der Waals surface area contributed by atoms with E-state index in [1.54, 1.807) is 6.08 Å². The molecule has 0 aromatic carbocycles. The normalized spacial score (nSPS) is 9.60. The highest BCUT2D eigenvalue weighted by molar-refractivity contribution is 5.70. The first-order valence-electron chi connectivity index (χ1n) is 10.3. The quantitative estimate of drug-likeness (QED) is 0.188. The van der Waals surface area contributed by atoms with E-state index in [0.29, 0.717) is 19.3 Å². The van der Waals surface area contributed by atoms with Crippen molar-refractivity contribution in [3.05, 3.63) is 25.3 Å². The lowest BCUT2D eigenvalue weighted by Crippen LogP contribution is -2.04. The van der Waals surface area contributed by atoms with E-state index in [4.69, 9.17) is 19.7 Å². The molecular weight excluding hydrogens is 392 g/mol. The van der Waals surface area contributed by atoms with E-state index in [2.05, 4.69) is 13.2 Å². The number of carbonyl (C=O) groups is 4.